The molecule has 1 amide bonds. The molecule has 4 aromatic rings. The fourth-order valence-electron chi connectivity index (χ4n) is 2.96. The third-order valence-corrected chi connectivity index (χ3v) is 4.91. The molecule has 138 valence electrons. The summed E-state index contributed by atoms with van der Waals surface area (Å²) < 4.78 is 0. The second-order valence-corrected chi connectivity index (χ2v) is 7.50. The molecular formula is C22H13Cl3N2O. The number of amides is 1. The van der Waals surface area contributed by atoms with Gasteiger partial charge < -0.3 is 5.32 Å². The molecule has 4 rings (SSSR count). The molecule has 0 spiro atoms. The number of halogens is 3. The van der Waals surface area contributed by atoms with Crippen LogP contribution in [0.3, 0.4) is 0 Å². The lowest BCUT2D eigenvalue weighted by Gasteiger charge is -2.11. The molecule has 0 aliphatic rings. The number of para-hydroxylation sites is 1. The molecule has 0 saturated carbocycles. The number of pyridine rings is 1. The highest BCUT2D eigenvalue weighted by Crippen LogP contribution is 2.28. The van der Waals surface area contributed by atoms with Gasteiger partial charge in [0, 0.05) is 31.7 Å². The first-order valence-corrected chi connectivity index (χ1v) is 9.56. The normalized spacial score (nSPS) is 10.8. The molecule has 0 aliphatic heterocycles. The summed E-state index contributed by atoms with van der Waals surface area (Å²) in [6, 6.07) is 21.5. The van der Waals surface area contributed by atoms with Crippen LogP contribution in [0.25, 0.3) is 22.2 Å². The average molecular weight is 428 g/mol. The number of nitrogens with one attached hydrogen (secondary N) is 1. The minimum absolute atomic E-state index is 0.271. The lowest BCUT2D eigenvalue weighted by molar-refractivity contribution is 0.102. The number of anilines is 1. The first-order valence-electron chi connectivity index (χ1n) is 8.43. The van der Waals surface area contributed by atoms with Crippen molar-refractivity contribution in [1.82, 2.24) is 4.98 Å². The number of rotatable bonds is 3. The standard InChI is InChI=1S/C22H13Cl3N2O/c23-14-7-5-13(6-8-14)21-12-19(18-3-1-2-4-20(18)27-21)22(28)26-17-10-15(24)9-16(25)11-17/h1-12H,(H,26,28). The molecule has 1 N–H and O–H groups in total. The van der Waals surface area contributed by atoms with Gasteiger partial charge in [-0.05, 0) is 42.5 Å². The summed E-state index contributed by atoms with van der Waals surface area (Å²) in [6.07, 6.45) is 0. The summed E-state index contributed by atoms with van der Waals surface area (Å²) in [4.78, 5) is 17.7. The minimum Gasteiger partial charge on any atom is -0.322 e. The van der Waals surface area contributed by atoms with Gasteiger partial charge in [0.2, 0.25) is 0 Å². The van der Waals surface area contributed by atoms with Crippen LogP contribution in [0.2, 0.25) is 15.1 Å². The Labute approximate surface area is 176 Å². The van der Waals surface area contributed by atoms with Gasteiger partial charge >= 0.3 is 0 Å². The smallest absolute Gasteiger partial charge is 0.256 e. The van der Waals surface area contributed by atoms with Crippen molar-refractivity contribution in [3.63, 3.8) is 0 Å². The highest BCUT2D eigenvalue weighted by molar-refractivity contribution is 6.35. The summed E-state index contributed by atoms with van der Waals surface area (Å²) in [5.41, 5.74) is 3.31. The molecule has 0 atom stereocenters. The van der Waals surface area contributed by atoms with Gasteiger partial charge in [0.15, 0.2) is 0 Å². The van der Waals surface area contributed by atoms with Crippen LogP contribution in [-0.2, 0) is 0 Å². The van der Waals surface area contributed by atoms with Gasteiger partial charge in [0.1, 0.15) is 0 Å². The molecule has 0 bridgehead atoms. The van der Waals surface area contributed by atoms with Gasteiger partial charge in [-0.15, -0.1) is 0 Å². The second-order valence-electron chi connectivity index (χ2n) is 6.19. The monoisotopic (exact) mass is 426 g/mol. The summed E-state index contributed by atoms with van der Waals surface area (Å²) in [5, 5.41) is 5.15. The van der Waals surface area contributed by atoms with E-state index in [1.54, 1.807) is 36.4 Å². The van der Waals surface area contributed by atoms with Crippen molar-refractivity contribution in [1.29, 1.82) is 0 Å². The fourth-order valence-corrected chi connectivity index (χ4v) is 3.61. The van der Waals surface area contributed by atoms with E-state index in [4.69, 9.17) is 34.8 Å². The molecule has 1 aromatic heterocycles. The Bertz CT molecular complexity index is 1170. The van der Waals surface area contributed by atoms with Crippen LogP contribution >= 0.6 is 34.8 Å². The molecule has 0 radical (unpaired) electrons. The van der Waals surface area contributed by atoms with Crippen LogP contribution < -0.4 is 5.32 Å². The Kier molecular flexibility index (Phi) is 5.23. The zero-order valence-electron chi connectivity index (χ0n) is 14.4. The van der Waals surface area contributed by atoms with Gasteiger partial charge in [-0.1, -0.05) is 65.1 Å². The van der Waals surface area contributed by atoms with Crippen molar-refractivity contribution in [3.8, 4) is 11.3 Å². The van der Waals surface area contributed by atoms with Crippen molar-refractivity contribution in [2.75, 3.05) is 5.32 Å². The van der Waals surface area contributed by atoms with Crippen molar-refractivity contribution in [2.45, 2.75) is 0 Å². The minimum atomic E-state index is -0.271. The predicted octanol–water partition coefficient (Wildman–Crippen LogP) is 7.11. The number of nitrogens with zero attached hydrogens (tertiary/aromatic N) is 1. The number of aromatic nitrogens is 1. The van der Waals surface area contributed by atoms with Crippen LogP contribution in [0.15, 0.2) is 72.8 Å². The molecule has 28 heavy (non-hydrogen) atoms. The topological polar surface area (TPSA) is 42.0 Å². The van der Waals surface area contributed by atoms with E-state index in [-0.39, 0.29) is 5.91 Å². The number of carbonyl (C=O) groups excluding carboxylic acids is 1. The zero-order chi connectivity index (χ0) is 19.7. The molecule has 0 fully saturated rings. The molecule has 0 unspecified atom stereocenters. The second kappa shape index (κ2) is 7.80. The van der Waals surface area contributed by atoms with Crippen LogP contribution in [0.1, 0.15) is 10.4 Å². The van der Waals surface area contributed by atoms with Gasteiger partial charge in [-0.3, -0.25) is 4.79 Å². The lowest BCUT2D eigenvalue weighted by Crippen LogP contribution is -2.13. The van der Waals surface area contributed by atoms with Crippen LogP contribution in [-0.4, -0.2) is 10.9 Å². The maximum atomic E-state index is 13.0. The largest absolute Gasteiger partial charge is 0.322 e. The van der Waals surface area contributed by atoms with Crippen LogP contribution in [0.5, 0.6) is 0 Å². The molecule has 0 aliphatic carbocycles. The lowest BCUT2D eigenvalue weighted by atomic mass is 10.0. The van der Waals surface area contributed by atoms with Gasteiger partial charge in [-0.2, -0.15) is 0 Å². The van der Waals surface area contributed by atoms with Crippen molar-refractivity contribution < 1.29 is 4.79 Å². The van der Waals surface area contributed by atoms with E-state index in [0.29, 0.717) is 32.0 Å². The Morgan fingerprint density at radius 3 is 2.18 bits per heavy atom. The quantitative estimate of drug-likeness (QED) is 0.378. The van der Waals surface area contributed by atoms with Crippen molar-refractivity contribution in [3.05, 3.63) is 93.4 Å². The Hall–Kier alpha value is -2.59. The number of benzene rings is 3. The van der Waals surface area contributed by atoms with Gasteiger partial charge in [-0.25, -0.2) is 4.98 Å². The SMILES string of the molecule is O=C(Nc1cc(Cl)cc(Cl)c1)c1cc(-c2ccc(Cl)cc2)nc2ccccc12. The van der Waals surface area contributed by atoms with E-state index in [1.807, 2.05) is 36.4 Å². The molecule has 6 heteroatoms. The molecule has 3 nitrogen and oxygen atoms in total. The Morgan fingerprint density at radius 1 is 0.786 bits per heavy atom. The summed E-state index contributed by atoms with van der Waals surface area (Å²) >= 11 is 18.1. The van der Waals surface area contributed by atoms with E-state index in [2.05, 4.69) is 10.3 Å². The van der Waals surface area contributed by atoms with Crippen molar-refractivity contribution in [2.24, 2.45) is 0 Å². The number of hydrogen-bond acceptors (Lipinski definition) is 2. The van der Waals surface area contributed by atoms with E-state index in [9.17, 15) is 4.79 Å². The third-order valence-electron chi connectivity index (χ3n) is 4.22. The Balaban J connectivity index is 1.80. The first-order chi connectivity index (χ1) is 13.5. The highest BCUT2D eigenvalue weighted by Gasteiger charge is 2.15. The maximum absolute atomic E-state index is 13.0. The summed E-state index contributed by atoms with van der Waals surface area (Å²) in [6.45, 7) is 0. The highest BCUT2D eigenvalue weighted by atomic mass is 35.5. The number of carbonyl (C=O) groups is 1. The van der Waals surface area contributed by atoms with Gasteiger partial charge in [0.05, 0.1) is 16.8 Å². The maximum Gasteiger partial charge on any atom is 0.256 e. The third kappa shape index (κ3) is 3.97. The van der Waals surface area contributed by atoms with Crippen LogP contribution in [0.4, 0.5) is 5.69 Å². The van der Waals surface area contributed by atoms with Crippen molar-refractivity contribution >= 4 is 57.3 Å². The zero-order valence-corrected chi connectivity index (χ0v) is 16.7. The van der Waals surface area contributed by atoms with Gasteiger partial charge in [0.25, 0.3) is 5.91 Å². The van der Waals surface area contributed by atoms with E-state index < -0.39 is 0 Å². The van der Waals surface area contributed by atoms with E-state index >= 15 is 0 Å². The number of hydrogen-bond donors (Lipinski definition) is 1. The molecular weight excluding hydrogens is 415 g/mol. The predicted molar refractivity (Wildman–Crippen MR) is 117 cm³/mol. The average Bonchev–Trinajstić information content (AvgIpc) is 2.67. The van der Waals surface area contributed by atoms with E-state index in [1.165, 1.54) is 0 Å². The summed E-state index contributed by atoms with van der Waals surface area (Å²) in [5.74, 6) is -0.271. The van der Waals surface area contributed by atoms with E-state index in [0.717, 1.165) is 16.5 Å². The molecule has 3 aromatic carbocycles. The Morgan fingerprint density at radius 2 is 1.46 bits per heavy atom. The molecule has 1 heterocycles. The molecule has 0 saturated heterocycles. The fraction of sp³-hybridized carbons (Fsp3) is 0. The summed E-state index contributed by atoms with van der Waals surface area (Å²) in [7, 11) is 0. The first kappa shape index (κ1) is 18.8. The van der Waals surface area contributed by atoms with Crippen LogP contribution in [0, 0.1) is 0 Å². The number of fused-ring (bicyclic) bond motifs is 1.